The summed E-state index contributed by atoms with van der Waals surface area (Å²) in [5.74, 6) is 1.62. The largest absolute Gasteiger partial charge is 0.362 e. The summed E-state index contributed by atoms with van der Waals surface area (Å²) in [4.78, 5) is 4.35. The highest BCUT2D eigenvalue weighted by molar-refractivity contribution is 9.10. The van der Waals surface area contributed by atoms with Gasteiger partial charge in [-0.25, -0.2) is 4.98 Å². The molecule has 0 spiro atoms. The van der Waals surface area contributed by atoms with Crippen molar-refractivity contribution in [1.82, 2.24) is 10.1 Å². The molecule has 0 atom stereocenters. The van der Waals surface area contributed by atoms with Crippen molar-refractivity contribution in [3.8, 4) is 0 Å². The molecule has 0 saturated carbocycles. The molecule has 0 unspecified atom stereocenters. The maximum Gasteiger partial charge on any atom is 0.155 e. The van der Waals surface area contributed by atoms with Crippen LogP contribution >= 0.6 is 15.9 Å². The van der Waals surface area contributed by atoms with E-state index >= 15 is 0 Å². The van der Waals surface area contributed by atoms with Gasteiger partial charge < -0.3 is 9.84 Å². The SMILES string of the molecule is Brc1cccc2c(NCc3ccno3)nccc12. The smallest absolute Gasteiger partial charge is 0.155 e. The minimum absolute atomic E-state index is 0.568. The molecule has 18 heavy (non-hydrogen) atoms. The minimum Gasteiger partial charge on any atom is -0.362 e. The number of halogens is 1. The minimum atomic E-state index is 0.568. The number of hydrogen-bond donors (Lipinski definition) is 1. The van der Waals surface area contributed by atoms with E-state index in [-0.39, 0.29) is 0 Å². The molecule has 2 aromatic heterocycles. The number of fused-ring (bicyclic) bond motifs is 1. The van der Waals surface area contributed by atoms with Crippen LogP contribution in [0.3, 0.4) is 0 Å². The molecule has 2 heterocycles. The Hall–Kier alpha value is -1.88. The van der Waals surface area contributed by atoms with Crippen LogP contribution in [0.15, 0.2) is 51.7 Å². The number of anilines is 1. The highest BCUT2D eigenvalue weighted by atomic mass is 79.9. The van der Waals surface area contributed by atoms with Gasteiger partial charge in [0.2, 0.25) is 0 Å². The predicted octanol–water partition coefficient (Wildman–Crippen LogP) is 3.60. The van der Waals surface area contributed by atoms with E-state index in [9.17, 15) is 0 Å². The van der Waals surface area contributed by atoms with E-state index in [2.05, 4.69) is 31.4 Å². The number of hydrogen-bond acceptors (Lipinski definition) is 4. The van der Waals surface area contributed by atoms with Gasteiger partial charge >= 0.3 is 0 Å². The monoisotopic (exact) mass is 303 g/mol. The number of aromatic nitrogens is 2. The lowest BCUT2D eigenvalue weighted by atomic mass is 10.1. The van der Waals surface area contributed by atoms with Crippen LogP contribution in [0.25, 0.3) is 10.8 Å². The lowest BCUT2D eigenvalue weighted by Crippen LogP contribution is -2.00. The second-order valence-electron chi connectivity index (χ2n) is 3.83. The summed E-state index contributed by atoms with van der Waals surface area (Å²) in [5, 5.41) is 9.13. The fraction of sp³-hybridized carbons (Fsp3) is 0.0769. The van der Waals surface area contributed by atoms with Crippen LogP contribution in [0.5, 0.6) is 0 Å². The molecule has 0 aliphatic rings. The summed E-state index contributed by atoms with van der Waals surface area (Å²) in [7, 11) is 0. The van der Waals surface area contributed by atoms with Crippen molar-refractivity contribution in [3.63, 3.8) is 0 Å². The normalized spacial score (nSPS) is 10.7. The molecule has 3 aromatic rings. The Bertz CT molecular complexity index is 667. The van der Waals surface area contributed by atoms with Crippen molar-refractivity contribution >= 4 is 32.5 Å². The molecule has 1 N–H and O–H groups in total. The molecule has 4 nitrogen and oxygen atoms in total. The molecule has 90 valence electrons. The Morgan fingerprint density at radius 3 is 2.89 bits per heavy atom. The molecule has 0 amide bonds. The third kappa shape index (κ3) is 2.09. The van der Waals surface area contributed by atoms with Crippen molar-refractivity contribution in [3.05, 3.63) is 53.0 Å². The van der Waals surface area contributed by atoms with E-state index in [4.69, 9.17) is 4.52 Å². The number of nitrogens with one attached hydrogen (secondary N) is 1. The highest BCUT2D eigenvalue weighted by Gasteiger charge is 2.05. The van der Waals surface area contributed by atoms with Crippen LogP contribution in [0, 0.1) is 0 Å². The lowest BCUT2D eigenvalue weighted by molar-refractivity contribution is 0.388. The second-order valence-corrected chi connectivity index (χ2v) is 4.68. The van der Waals surface area contributed by atoms with Crippen LogP contribution in [-0.4, -0.2) is 10.1 Å². The van der Waals surface area contributed by atoms with Gasteiger partial charge in [0.1, 0.15) is 5.82 Å². The Balaban J connectivity index is 1.94. The van der Waals surface area contributed by atoms with Crippen LogP contribution in [0.2, 0.25) is 0 Å². The van der Waals surface area contributed by atoms with Crippen LogP contribution in [0.4, 0.5) is 5.82 Å². The van der Waals surface area contributed by atoms with Crippen LogP contribution in [0.1, 0.15) is 5.76 Å². The second kappa shape index (κ2) is 4.78. The van der Waals surface area contributed by atoms with Gasteiger partial charge in [-0.15, -0.1) is 0 Å². The third-order valence-corrected chi connectivity index (χ3v) is 3.37. The van der Waals surface area contributed by atoms with E-state index in [0.717, 1.165) is 26.8 Å². The molecule has 0 aliphatic heterocycles. The first-order valence-corrected chi connectivity index (χ1v) is 6.30. The Morgan fingerprint density at radius 1 is 1.11 bits per heavy atom. The topological polar surface area (TPSA) is 51.0 Å². The predicted molar refractivity (Wildman–Crippen MR) is 73.3 cm³/mol. The summed E-state index contributed by atoms with van der Waals surface area (Å²) in [6.45, 7) is 0.568. The summed E-state index contributed by atoms with van der Waals surface area (Å²) in [6, 6.07) is 9.86. The van der Waals surface area contributed by atoms with Gasteiger partial charge in [0.05, 0.1) is 12.7 Å². The zero-order chi connectivity index (χ0) is 12.4. The van der Waals surface area contributed by atoms with Crippen LogP contribution < -0.4 is 5.32 Å². The molecule has 0 bridgehead atoms. The zero-order valence-corrected chi connectivity index (χ0v) is 11.0. The summed E-state index contributed by atoms with van der Waals surface area (Å²) < 4.78 is 6.10. The van der Waals surface area contributed by atoms with Crippen molar-refractivity contribution < 1.29 is 4.52 Å². The Kier molecular flexibility index (Phi) is 2.98. The van der Waals surface area contributed by atoms with E-state index in [0.29, 0.717) is 6.54 Å². The first-order chi connectivity index (χ1) is 8.84. The number of pyridine rings is 1. The van der Waals surface area contributed by atoms with Gasteiger partial charge in [0, 0.05) is 27.5 Å². The van der Waals surface area contributed by atoms with Crippen molar-refractivity contribution in [2.45, 2.75) is 6.54 Å². The molecule has 0 radical (unpaired) electrons. The van der Waals surface area contributed by atoms with E-state index in [1.54, 1.807) is 12.4 Å². The van der Waals surface area contributed by atoms with Gasteiger partial charge in [-0.3, -0.25) is 0 Å². The van der Waals surface area contributed by atoms with Crippen LogP contribution in [-0.2, 0) is 6.54 Å². The van der Waals surface area contributed by atoms with Gasteiger partial charge in [0.15, 0.2) is 5.76 Å². The van der Waals surface area contributed by atoms with Crippen molar-refractivity contribution in [1.29, 1.82) is 0 Å². The maximum absolute atomic E-state index is 5.04. The fourth-order valence-corrected chi connectivity index (χ4v) is 2.31. The quantitative estimate of drug-likeness (QED) is 0.803. The highest BCUT2D eigenvalue weighted by Crippen LogP contribution is 2.27. The Morgan fingerprint density at radius 2 is 2.06 bits per heavy atom. The van der Waals surface area contributed by atoms with E-state index in [1.165, 1.54) is 0 Å². The average Bonchev–Trinajstić information content (AvgIpc) is 2.90. The molecule has 0 fully saturated rings. The number of benzene rings is 1. The van der Waals surface area contributed by atoms with Crippen molar-refractivity contribution in [2.24, 2.45) is 0 Å². The molecular formula is C13H10BrN3O. The van der Waals surface area contributed by atoms with E-state index in [1.807, 2.05) is 30.3 Å². The molecule has 0 aliphatic carbocycles. The summed E-state index contributed by atoms with van der Waals surface area (Å²) in [5.41, 5.74) is 0. The molecule has 1 aromatic carbocycles. The maximum atomic E-state index is 5.04. The first-order valence-electron chi connectivity index (χ1n) is 5.51. The van der Waals surface area contributed by atoms with Gasteiger partial charge in [-0.1, -0.05) is 33.2 Å². The third-order valence-electron chi connectivity index (χ3n) is 2.67. The summed E-state index contributed by atoms with van der Waals surface area (Å²) in [6.07, 6.45) is 3.42. The van der Waals surface area contributed by atoms with Gasteiger partial charge in [-0.05, 0) is 12.1 Å². The molecular weight excluding hydrogens is 294 g/mol. The molecule has 5 heteroatoms. The average molecular weight is 304 g/mol. The molecule has 0 saturated heterocycles. The number of nitrogens with zero attached hydrogens (tertiary/aromatic N) is 2. The fourth-order valence-electron chi connectivity index (χ4n) is 1.81. The Labute approximate surface area is 112 Å². The summed E-state index contributed by atoms with van der Waals surface area (Å²) >= 11 is 3.54. The van der Waals surface area contributed by atoms with Gasteiger partial charge in [-0.2, -0.15) is 0 Å². The lowest BCUT2D eigenvalue weighted by Gasteiger charge is -2.07. The van der Waals surface area contributed by atoms with Gasteiger partial charge in [0.25, 0.3) is 0 Å². The molecule has 3 rings (SSSR count). The number of rotatable bonds is 3. The standard InChI is InChI=1S/C13H10BrN3O/c14-12-3-1-2-11-10(12)5-6-15-13(11)16-8-9-4-7-17-18-9/h1-7H,8H2,(H,15,16). The van der Waals surface area contributed by atoms with Crippen molar-refractivity contribution in [2.75, 3.05) is 5.32 Å². The van der Waals surface area contributed by atoms with E-state index < -0.39 is 0 Å². The first kappa shape index (κ1) is 11.2. The zero-order valence-electron chi connectivity index (χ0n) is 9.43.